The Hall–Kier alpha value is -1.97. The number of sulfonamides is 1. The first-order valence-corrected chi connectivity index (χ1v) is 11.4. The lowest BCUT2D eigenvalue weighted by Gasteiger charge is -2.27. The molecule has 154 valence electrons. The second-order valence-electron chi connectivity index (χ2n) is 7.55. The zero-order valence-corrected chi connectivity index (χ0v) is 17.4. The van der Waals surface area contributed by atoms with Crippen LogP contribution in [0.4, 0.5) is 11.4 Å². The van der Waals surface area contributed by atoms with E-state index >= 15 is 0 Å². The van der Waals surface area contributed by atoms with E-state index in [1.165, 1.54) is 13.5 Å². The van der Waals surface area contributed by atoms with Crippen molar-refractivity contribution in [2.45, 2.75) is 37.8 Å². The average Bonchev–Trinajstić information content (AvgIpc) is 2.99. The fourth-order valence-corrected chi connectivity index (χ4v) is 4.11. The van der Waals surface area contributed by atoms with E-state index in [9.17, 15) is 18.0 Å². The van der Waals surface area contributed by atoms with Gasteiger partial charge in [-0.3, -0.25) is 9.59 Å². The maximum absolute atomic E-state index is 12.7. The van der Waals surface area contributed by atoms with Crippen LogP contribution in [0.25, 0.3) is 0 Å². The molecule has 1 aromatic carbocycles. The molecule has 1 aliphatic carbocycles. The summed E-state index contributed by atoms with van der Waals surface area (Å²) in [5.74, 6) is -0.235. The summed E-state index contributed by atoms with van der Waals surface area (Å²) in [5, 5.41) is 3.26. The molecule has 28 heavy (non-hydrogen) atoms. The lowest BCUT2D eigenvalue weighted by molar-refractivity contribution is -0.120. The highest BCUT2D eigenvalue weighted by atomic mass is 32.2. The van der Waals surface area contributed by atoms with Crippen molar-refractivity contribution in [1.29, 1.82) is 0 Å². The zero-order chi connectivity index (χ0) is 20.5. The van der Waals surface area contributed by atoms with Gasteiger partial charge in [-0.2, -0.15) is 4.31 Å². The summed E-state index contributed by atoms with van der Waals surface area (Å²) in [5.41, 5.74) is 1.45. The van der Waals surface area contributed by atoms with E-state index < -0.39 is 16.1 Å². The predicted octanol–water partition coefficient (Wildman–Crippen LogP) is 0.788. The summed E-state index contributed by atoms with van der Waals surface area (Å²) < 4.78 is 24.6. The van der Waals surface area contributed by atoms with Crippen molar-refractivity contribution in [3.63, 3.8) is 0 Å². The molecule has 1 heterocycles. The number of hydrogen-bond donors (Lipinski definition) is 1. The van der Waals surface area contributed by atoms with E-state index in [4.69, 9.17) is 0 Å². The number of benzene rings is 1. The van der Waals surface area contributed by atoms with E-state index in [1.54, 1.807) is 41.1 Å². The first-order valence-electron chi connectivity index (χ1n) is 9.53. The number of rotatable bonds is 7. The van der Waals surface area contributed by atoms with Crippen molar-refractivity contribution in [2.24, 2.45) is 0 Å². The molecular weight excluding hydrogens is 380 g/mol. The molecule has 1 unspecified atom stereocenters. The summed E-state index contributed by atoms with van der Waals surface area (Å²) >= 11 is 0. The van der Waals surface area contributed by atoms with Crippen LogP contribution in [0.3, 0.4) is 0 Å². The van der Waals surface area contributed by atoms with Crippen molar-refractivity contribution in [2.75, 3.05) is 43.2 Å². The van der Waals surface area contributed by atoms with Gasteiger partial charge in [0.1, 0.15) is 6.04 Å². The quantitative estimate of drug-likeness (QED) is 0.720. The fraction of sp³-hybridized carbons (Fsp3) is 0.579. The summed E-state index contributed by atoms with van der Waals surface area (Å²) in [4.78, 5) is 28.2. The highest BCUT2D eigenvalue weighted by molar-refractivity contribution is 7.88. The van der Waals surface area contributed by atoms with Crippen molar-refractivity contribution in [3.8, 4) is 0 Å². The van der Waals surface area contributed by atoms with E-state index in [2.05, 4.69) is 5.32 Å². The molecule has 1 aromatic rings. The Labute approximate surface area is 166 Å². The molecule has 2 amide bonds. The normalized spacial score (nSPS) is 20.5. The molecule has 2 fully saturated rings. The largest absolute Gasteiger partial charge is 0.314 e. The van der Waals surface area contributed by atoms with Gasteiger partial charge in [-0.1, -0.05) is 6.42 Å². The monoisotopic (exact) mass is 408 g/mol. The van der Waals surface area contributed by atoms with E-state index in [0.717, 1.165) is 29.1 Å². The van der Waals surface area contributed by atoms with Gasteiger partial charge >= 0.3 is 0 Å². The van der Waals surface area contributed by atoms with Gasteiger partial charge < -0.3 is 15.1 Å². The number of carbonyl (C=O) groups excluding carboxylic acids is 2. The van der Waals surface area contributed by atoms with Crippen LogP contribution in [0.1, 0.15) is 25.7 Å². The van der Waals surface area contributed by atoms with Crippen LogP contribution in [-0.2, 0) is 19.6 Å². The van der Waals surface area contributed by atoms with Gasteiger partial charge in [-0.15, -0.1) is 0 Å². The number of likely N-dealkylation sites (N-methyl/N-ethyl adjacent to an activating group) is 2. The summed E-state index contributed by atoms with van der Waals surface area (Å²) in [7, 11) is -0.259. The zero-order valence-electron chi connectivity index (χ0n) is 16.6. The minimum atomic E-state index is -3.43. The number of nitrogens with one attached hydrogen (secondary N) is 1. The molecular formula is C19H28N4O4S. The van der Waals surface area contributed by atoms with E-state index in [0.29, 0.717) is 31.2 Å². The fourth-order valence-electron chi connectivity index (χ4n) is 3.45. The topological polar surface area (TPSA) is 90.0 Å². The molecule has 0 spiro atoms. The molecule has 0 bridgehead atoms. The molecule has 1 aliphatic heterocycles. The predicted molar refractivity (Wildman–Crippen MR) is 109 cm³/mol. The van der Waals surface area contributed by atoms with Crippen molar-refractivity contribution in [1.82, 2.24) is 9.62 Å². The van der Waals surface area contributed by atoms with E-state index in [-0.39, 0.29) is 11.8 Å². The highest BCUT2D eigenvalue weighted by Crippen LogP contribution is 2.27. The van der Waals surface area contributed by atoms with Gasteiger partial charge in [-0.05, 0) is 43.5 Å². The molecule has 8 nitrogen and oxygen atoms in total. The maximum Gasteiger partial charge on any atom is 0.245 e. The van der Waals surface area contributed by atoms with Gasteiger partial charge in [0.25, 0.3) is 0 Å². The molecule has 1 N–H and O–H groups in total. The van der Waals surface area contributed by atoms with Gasteiger partial charge in [-0.25, -0.2) is 8.42 Å². The second kappa shape index (κ2) is 8.18. The first-order chi connectivity index (χ1) is 13.2. The Morgan fingerprint density at radius 2 is 1.82 bits per heavy atom. The number of hydrogen-bond acceptors (Lipinski definition) is 5. The maximum atomic E-state index is 12.7. The molecule has 9 heteroatoms. The molecule has 0 aromatic heterocycles. The minimum absolute atomic E-state index is 0.00765. The molecule has 2 aliphatic rings. The molecule has 0 radical (unpaired) electrons. The van der Waals surface area contributed by atoms with Crippen LogP contribution in [0.15, 0.2) is 24.3 Å². The SMILES string of the molecule is CN(C(=O)CNC1CCC1)c1ccc(N2CCC(N(C)S(C)(=O)=O)C2=O)cc1. The Kier molecular flexibility index (Phi) is 6.07. The Balaban J connectivity index is 1.62. The Morgan fingerprint density at radius 3 is 2.36 bits per heavy atom. The summed E-state index contributed by atoms with van der Waals surface area (Å²) in [6, 6.07) is 6.98. The first kappa shape index (κ1) is 20.8. The van der Waals surface area contributed by atoms with Gasteiger partial charge in [0.2, 0.25) is 21.8 Å². The van der Waals surface area contributed by atoms with Crippen molar-refractivity contribution in [3.05, 3.63) is 24.3 Å². The number of amides is 2. The second-order valence-corrected chi connectivity index (χ2v) is 9.59. The lowest BCUT2D eigenvalue weighted by atomic mass is 9.93. The number of carbonyl (C=O) groups is 2. The van der Waals surface area contributed by atoms with Gasteiger partial charge in [0, 0.05) is 38.1 Å². The number of nitrogens with zero attached hydrogens (tertiary/aromatic N) is 3. The van der Waals surface area contributed by atoms with Crippen LogP contribution < -0.4 is 15.1 Å². The van der Waals surface area contributed by atoms with E-state index in [1.807, 2.05) is 0 Å². The molecule has 1 atom stereocenters. The lowest BCUT2D eigenvalue weighted by Crippen LogP contribution is -2.43. The van der Waals surface area contributed by atoms with Crippen molar-refractivity contribution >= 4 is 33.2 Å². The van der Waals surface area contributed by atoms with Gasteiger partial charge in [0.05, 0.1) is 12.8 Å². The number of anilines is 2. The molecule has 3 rings (SSSR count). The Bertz CT molecular complexity index is 836. The highest BCUT2D eigenvalue weighted by Gasteiger charge is 2.38. The summed E-state index contributed by atoms with van der Waals surface area (Å²) in [6.07, 6.45) is 5.04. The van der Waals surface area contributed by atoms with Crippen LogP contribution in [0.5, 0.6) is 0 Å². The van der Waals surface area contributed by atoms with Crippen LogP contribution in [0, 0.1) is 0 Å². The third-order valence-electron chi connectivity index (χ3n) is 5.71. The minimum Gasteiger partial charge on any atom is -0.314 e. The van der Waals surface area contributed by atoms with Crippen LogP contribution >= 0.6 is 0 Å². The molecule has 1 saturated heterocycles. The molecule has 1 saturated carbocycles. The third-order valence-corrected chi connectivity index (χ3v) is 7.01. The van der Waals surface area contributed by atoms with Gasteiger partial charge in [0.15, 0.2) is 0 Å². The van der Waals surface area contributed by atoms with Crippen LogP contribution in [-0.4, -0.2) is 70.1 Å². The standard InChI is InChI=1S/C19H28N4O4S/c1-21(18(24)13-20-14-5-4-6-14)15-7-9-16(10-8-15)23-12-11-17(19(23)25)22(2)28(3,26)27/h7-10,14,17,20H,4-6,11-13H2,1-3H3. The van der Waals surface area contributed by atoms with Crippen molar-refractivity contribution < 1.29 is 18.0 Å². The summed E-state index contributed by atoms with van der Waals surface area (Å²) in [6.45, 7) is 0.774. The van der Waals surface area contributed by atoms with Crippen LogP contribution in [0.2, 0.25) is 0 Å². The third kappa shape index (κ3) is 4.37. The Morgan fingerprint density at radius 1 is 1.18 bits per heavy atom. The smallest absolute Gasteiger partial charge is 0.245 e. The average molecular weight is 409 g/mol.